The molecule has 31 heavy (non-hydrogen) atoms. The lowest BCUT2D eigenvalue weighted by Gasteiger charge is -2.22. The summed E-state index contributed by atoms with van der Waals surface area (Å²) >= 11 is 0. The topological polar surface area (TPSA) is 128 Å². The Kier molecular flexibility index (Phi) is 6.94. The highest BCUT2D eigenvalue weighted by Crippen LogP contribution is 2.30. The van der Waals surface area contributed by atoms with Gasteiger partial charge in [-0.25, -0.2) is 19.4 Å². The molecule has 0 aliphatic heterocycles. The molecular formula is C21H27N3O7. The summed E-state index contributed by atoms with van der Waals surface area (Å²) in [6, 6.07) is 4.58. The van der Waals surface area contributed by atoms with Crippen LogP contribution in [0.2, 0.25) is 0 Å². The lowest BCUT2D eigenvalue weighted by molar-refractivity contribution is 0.0542. The number of methoxy groups -OCH3 is 1. The fraction of sp³-hybridized carbons (Fsp3) is 0.429. The predicted molar refractivity (Wildman–Crippen MR) is 113 cm³/mol. The van der Waals surface area contributed by atoms with E-state index in [0.29, 0.717) is 5.39 Å². The summed E-state index contributed by atoms with van der Waals surface area (Å²) in [5.74, 6) is -0.784. The van der Waals surface area contributed by atoms with Gasteiger partial charge in [0.05, 0.1) is 18.9 Å². The monoisotopic (exact) mass is 433 g/mol. The molecule has 10 heteroatoms. The molecule has 0 saturated heterocycles. The third-order valence-electron chi connectivity index (χ3n) is 3.47. The van der Waals surface area contributed by atoms with Crippen LogP contribution in [0.3, 0.4) is 0 Å². The van der Waals surface area contributed by atoms with E-state index in [4.69, 9.17) is 18.6 Å². The SMILES string of the molecule is COC(=O)c1ccc(N=C(NC(=O)OC(C)(C)C)NC(=O)OC(C)(C)C)c2occc12. The zero-order chi connectivity index (χ0) is 23.4. The summed E-state index contributed by atoms with van der Waals surface area (Å²) in [5, 5.41) is 5.24. The molecule has 0 radical (unpaired) electrons. The second kappa shape index (κ2) is 9.07. The van der Waals surface area contributed by atoms with Crippen LogP contribution in [-0.2, 0) is 14.2 Å². The van der Waals surface area contributed by atoms with E-state index < -0.39 is 29.4 Å². The Balaban J connectivity index is 2.43. The van der Waals surface area contributed by atoms with Crippen molar-refractivity contribution in [3.8, 4) is 0 Å². The Labute approximate surface area is 179 Å². The highest BCUT2D eigenvalue weighted by Gasteiger charge is 2.22. The molecule has 0 spiro atoms. The largest absolute Gasteiger partial charge is 0.465 e. The molecule has 168 valence electrons. The number of aliphatic imine (C=N–C) groups is 1. The van der Waals surface area contributed by atoms with Crippen LogP contribution < -0.4 is 10.6 Å². The molecule has 0 fully saturated rings. The fourth-order valence-corrected chi connectivity index (χ4v) is 2.43. The Hall–Kier alpha value is -3.56. The number of guanidine groups is 1. The van der Waals surface area contributed by atoms with Crippen LogP contribution >= 0.6 is 0 Å². The van der Waals surface area contributed by atoms with E-state index in [2.05, 4.69) is 15.6 Å². The minimum atomic E-state index is -0.829. The number of hydrogen-bond donors (Lipinski definition) is 2. The van der Waals surface area contributed by atoms with E-state index in [1.807, 2.05) is 0 Å². The molecule has 2 N–H and O–H groups in total. The molecule has 1 aromatic carbocycles. The summed E-state index contributed by atoms with van der Waals surface area (Å²) < 4.78 is 20.7. The van der Waals surface area contributed by atoms with Crippen molar-refractivity contribution in [1.82, 2.24) is 10.6 Å². The number of fused-ring (bicyclic) bond motifs is 1. The Morgan fingerprint density at radius 1 is 0.903 bits per heavy atom. The van der Waals surface area contributed by atoms with Gasteiger partial charge in [0.15, 0.2) is 5.58 Å². The third kappa shape index (κ3) is 7.02. The fourth-order valence-electron chi connectivity index (χ4n) is 2.43. The van der Waals surface area contributed by atoms with Crippen LogP contribution in [0, 0.1) is 0 Å². The van der Waals surface area contributed by atoms with Crippen LogP contribution in [-0.4, -0.2) is 42.4 Å². The molecule has 2 aromatic rings. The van der Waals surface area contributed by atoms with Crippen molar-refractivity contribution in [1.29, 1.82) is 0 Å². The van der Waals surface area contributed by atoms with E-state index in [1.54, 1.807) is 47.6 Å². The highest BCUT2D eigenvalue weighted by atomic mass is 16.6. The maximum absolute atomic E-state index is 12.2. The number of rotatable bonds is 2. The van der Waals surface area contributed by atoms with E-state index in [9.17, 15) is 14.4 Å². The Morgan fingerprint density at radius 2 is 1.45 bits per heavy atom. The first-order valence-electron chi connectivity index (χ1n) is 9.46. The maximum Gasteiger partial charge on any atom is 0.414 e. The van der Waals surface area contributed by atoms with Gasteiger partial charge in [-0.2, -0.15) is 0 Å². The van der Waals surface area contributed by atoms with Crippen molar-refractivity contribution in [2.75, 3.05) is 7.11 Å². The zero-order valence-electron chi connectivity index (χ0n) is 18.6. The van der Waals surface area contributed by atoms with Gasteiger partial charge in [-0.15, -0.1) is 0 Å². The lowest BCUT2D eigenvalue weighted by Crippen LogP contribution is -2.47. The standard InChI is InChI=1S/C21H27N3O7/c1-20(2,3)30-18(26)23-17(24-19(27)31-21(4,5)6)22-14-9-8-13(16(25)28-7)12-10-11-29-15(12)14/h8-11H,1-7H3,(H2,22,23,24,26,27). The molecule has 2 rings (SSSR count). The molecule has 0 saturated carbocycles. The number of ether oxygens (including phenoxy) is 3. The summed E-state index contributed by atoms with van der Waals surface area (Å²) in [6.07, 6.45) is -0.272. The van der Waals surface area contributed by atoms with Gasteiger partial charge in [-0.05, 0) is 59.7 Å². The molecular weight excluding hydrogens is 406 g/mol. The number of hydrogen-bond acceptors (Lipinski definition) is 8. The first-order valence-corrected chi connectivity index (χ1v) is 9.46. The minimum Gasteiger partial charge on any atom is -0.465 e. The number of esters is 1. The van der Waals surface area contributed by atoms with Crippen molar-refractivity contribution in [2.24, 2.45) is 4.99 Å². The van der Waals surface area contributed by atoms with Crippen molar-refractivity contribution in [3.63, 3.8) is 0 Å². The van der Waals surface area contributed by atoms with Crippen molar-refractivity contribution in [2.45, 2.75) is 52.7 Å². The number of amides is 2. The summed E-state index contributed by atoms with van der Waals surface area (Å²) in [5.41, 5.74) is -0.742. The van der Waals surface area contributed by atoms with Crippen molar-refractivity contribution >= 4 is 40.8 Å². The zero-order valence-corrected chi connectivity index (χ0v) is 18.6. The van der Waals surface area contributed by atoms with Crippen LogP contribution in [0.25, 0.3) is 11.0 Å². The number of alkyl carbamates (subject to hydrolysis) is 2. The van der Waals surface area contributed by atoms with Crippen LogP contribution in [0.4, 0.5) is 15.3 Å². The number of carbonyl (C=O) groups excluding carboxylic acids is 3. The van der Waals surface area contributed by atoms with Crippen molar-refractivity contribution in [3.05, 3.63) is 30.0 Å². The normalized spacial score (nSPS) is 11.5. The molecule has 1 aromatic heterocycles. The molecule has 0 atom stereocenters. The van der Waals surface area contributed by atoms with Gasteiger partial charge in [-0.1, -0.05) is 0 Å². The third-order valence-corrected chi connectivity index (χ3v) is 3.47. The molecule has 0 aliphatic rings. The van der Waals surface area contributed by atoms with Gasteiger partial charge in [0.2, 0.25) is 5.96 Å². The molecule has 0 bridgehead atoms. The Bertz CT molecular complexity index is 978. The smallest absolute Gasteiger partial charge is 0.414 e. The quantitative estimate of drug-likeness (QED) is 0.313. The maximum atomic E-state index is 12.2. The Morgan fingerprint density at radius 3 is 1.94 bits per heavy atom. The molecule has 0 aliphatic carbocycles. The second-order valence-electron chi connectivity index (χ2n) is 8.50. The predicted octanol–water partition coefficient (Wildman–Crippen LogP) is 4.26. The van der Waals surface area contributed by atoms with Gasteiger partial charge < -0.3 is 18.6 Å². The number of nitrogens with one attached hydrogen (secondary N) is 2. The van der Waals surface area contributed by atoms with Crippen LogP contribution in [0.1, 0.15) is 51.9 Å². The number of furan rings is 1. The van der Waals surface area contributed by atoms with Gasteiger partial charge >= 0.3 is 18.2 Å². The first-order chi connectivity index (χ1) is 14.3. The lowest BCUT2D eigenvalue weighted by atomic mass is 10.1. The average Bonchev–Trinajstić information content (AvgIpc) is 3.07. The number of benzene rings is 1. The molecule has 0 unspecified atom stereocenters. The van der Waals surface area contributed by atoms with E-state index >= 15 is 0 Å². The molecule has 1 heterocycles. The van der Waals surface area contributed by atoms with E-state index in [1.165, 1.54) is 25.5 Å². The number of nitrogens with zero attached hydrogens (tertiary/aromatic N) is 1. The van der Waals surface area contributed by atoms with Gasteiger partial charge in [-0.3, -0.25) is 10.6 Å². The van der Waals surface area contributed by atoms with Crippen LogP contribution in [0.5, 0.6) is 0 Å². The molecule has 10 nitrogen and oxygen atoms in total. The summed E-state index contributed by atoms with van der Waals surface area (Å²) in [7, 11) is 1.27. The summed E-state index contributed by atoms with van der Waals surface area (Å²) in [4.78, 5) is 40.7. The van der Waals surface area contributed by atoms with Gasteiger partial charge in [0.25, 0.3) is 0 Å². The van der Waals surface area contributed by atoms with E-state index in [-0.39, 0.29) is 22.8 Å². The highest BCUT2D eigenvalue weighted by molar-refractivity contribution is 6.08. The molecule has 2 amide bonds. The minimum absolute atomic E-state index is 0.244. The number of carbonyl (C=O) groups is 3. The van der Waals surface area contributed by atoms with Crippen molar-refractivity contribution < 1.29 is 33.0 Å². The van der Waals surface area contributed by atoms with Crippen LogP contribution in [0.15, 0.2) is 33.9 Å². The average molecular weight is 433 g/mol. The first kappa shape index (κ1) is 23.7. The second-order valence-corrected chi connectivity index (χ2v) is 8.50. The van der Waals surface area contributed by atoms with Gasteiger partial charge in [0, 0.05) is 5.39 Å². The summed E-state index contributed by atoms with van der Waals surface area (Å²) in [6.45, 7) is 10.2. The van der Waals surface area contributed by atoms with E-state index in [0.717, 1.165) is 0 Å². The van der Waals surface area contributed by atoms with Gasteiger partial charge in [0.1, 0.15) is 16.9 Å².